The summed E-state index contributed by atoms with van der Waals surface area (Å²) in [6, 6.07) is 0.707. The zero-order chi connectivity index (χ0) is 14.9. The van der Waals surface area contributed by atoms with Crippen molar-refractivity contribution in [3.8, 4) is 0 Å². The van der Waals surface area contributed by atoms with Crippen LogP contribution < -0.4 is 10.2 Å². The maximum atomic E-state index is 4.85. The Labute approximate surface area is 128 Å². The van der Waals surface area contributed by atoms with Crippen LogP contribution in [-0.2, 0) is 6.54 Å². The molecule has 2 aliphatic rings. The number of anilines is 1. The molecule has 2 atom stereocenters. The molecule has 2 unspecified atom stereocenters. The third kappa shape index (κ3) is 3.54. The molecule has 2 heterocycles. The van der Waals surface area contributed by atoms with Gasteiger partial charge in [0.05, 0.1) is 11.9 Å². The van der Waals surface area contributed by atoms with Crippen LogP contribution in [0.2, 0.25) is 0 Å². The van der Waals surface area contributed by atoms with Gasteiger partial charge in [0.15, 0.2) is 0 Å². The molecule has 0 spiro atoms. The number of hydrogen-bond donors (Lipinski definition) is 1. The van der Waals surface area contributed by atoms with E-state index < -0.39 is 0 Å². The van der Waals surface area contributed by atoms with E-state index in [4.69, 9.17) is 4.98 Å². The maximum absolute atomic E-state index is 4.85. The molecular formula is C17H28N4. The zero-order valence-corrected chi connectivity index (χ0v) is 13.6. The molecule has 4 heteroatoms. The molecule has 1 N–H and O–H groups in total. The molecular weight excluding hydrogens is 260 g/mol. The Bertz CT molecular complexity index is 480. The lowest BCUT2D eigenvalue weighted by Crippen LogP contribution is -2.37. The van der Waals surface area contributed by atoms with Crippen LogP contribution in [-0.4, -0.2) is 28.1 Å². The van der Waals surface area contributed by atoms with Crippen molar-refractivity contribution in [3.05, 3.63) is 18.1 Å². The van der Waals surface area contributed by atoms with Gasteiger partial charge < -0.3 is 10.2 Å². The predicted molar refractivity (Wildman–Crippen MR) is 86.3 cm³/mol. The summed E-state index contributed by atoms with van der Waals surface area (Å²) in [6.07, 6.45) is 10.7. The Morgan fingerprint density at radius 2 is 2.00 bits per heavy atom. The van der Waals surface area contributed by atoms with Crippen LogP contribution in [0.5, 0.6) is 0 Å². The lowest BCUT2D eigenvalue weighted by molar-refractivity contribution is 0.341. The van der Waals surface area contributed by atoms with Gasteiger partial charge in [-0.2, -0.15) is 0 Å². The molecule has 0 radical (unpaired) electrons. The predicted octanol–water partition coefficient (Wildman–Crippen LogP) is 3.13. The number of rotatable bonds is 3. The van der Waals surface area contributed by atoms with Gasteiger partial charge in [-0.15, -0.1) is 0 Å². The Morgan fingerprint density at radius 1 is 1.19 bits per heavy atom. The summed E-state index contributed by atoms with van der Waals surface area (Å²) in [4.78, 5) is 11.8. The third-order valence-corrected chi connectivity index (χ3v) is 4.78. The van der Waals surface area contributed by atoms with Crippen molar-refractivity contribution in [1.29, 1.82) is 0 Å². The van der Waals surface area contributed by atoms with Crippen molar-refractivity contribution < 1.29 is 0 Å². The second-order valence-corrected chi connectivity index (χ2v) is 7.57. The molecule has 3 rings (SSSR count). The summed E-state index contributed by atoms with van der Waals surface area (Å²) in [7, 11) is 0. The van der Waals surface area contributed by atoms with E-state index >= 15 is 0 Å². The lowest BCUT2D eigenvalue weighted by atomic mass is 9.85. The molecule has 0 bridgehead atoms. The van der Waals surface area contributed by atoms with Crippen LogP contribution in [0.15, 0.2) is 12.4 Å². The molecule has 116 valence electrons. The first kappa shape index (κ1) is 14.8. The lowest BCUT2D eigenvalue weighted by Gasteiger charge is -2.32. The van der Waals surface area contributed by atoms with Crippen molar-refractivity contribution in [3.63, 3.8) is 0 Å². The fourth-order valence-electron chi connectivity index (χ4n) is 3.66. The van der Waals surface area contributed by atoms with E-state index in [2.05, 4.69) is 36.0 Å². The highest BCUT2D eigenvalue weighted by molar-refractivity contribution is 5.40. The highest BCUT2D eigenvalue weighted by atomic mass is 15.2. The Balaban J connectivity index is 1.71. The van der Waals surface area contributed by atoms with E-state index in [1.165, 1.54) is 32.1 Å². The minimum Gasteiger partial charge on any atom is -0.352 e. The molecule has 1 saturated carbocycles. The van der Waals surface area contributed by atoms with Crippen LogP contribution in [0.1, 0.15) is 58.6 Å². The van der Waals surface area contributed by atoms with Gasteiger partial charge in [0.25, 0.3) is 0 Å². The monoisotopic (exact) mass is 288 g/mol. The largest absolute Gasteiger partial charge is 0.352 e. The number of hydrogen-bond acceptors (Lipinski definition) is 4. The Kier molecular flexibility index (Phi) is 4.16. The van der Waals surface area contributed by atoms with E-state index in [0.29, 0.717) is 6.04 Å². The first-order valence-electron chi connectivity index (χ1n) is 8.35. The topological polar surface area (TPSA) is 41.1 Å². The Morgan fingerprint density at radius 3 is 2.81 bits per heavy atom. The molecule has 21 heavy (non-hydrogen) atoms. The zero-order valence-electron chi connectivity index (χ0n) is 13.6. The fourth-order valence-corrected chi connectivity index (χ4v) is 3.66. The second-order valence-electron chi connectivity index (χ2n) is 7.57. The smallest absolute Gasteiger partial charge is 0.147 e. The van der Waals surface area contributed by atoms with Gasteiger partial charge in [0.2, 0.25) is 0 Å². The summed E-state index contributed by atoms with van der Waals surface area (Å²) in [5.74, 6) is 1.97. The van der Waals surface area contributed by atoms with Gasteiger partial charge in [-0.25, -0.2) is 4.98 Å². The van der Waals surface area contributed by atoms with E-state index in [9.17, 15) is 0 Å². The van der Waals surface area contributed by atoms with Crippen LogP contribution in [0.3, 0.4) is 0 Å². The molecule has 0 amide bonds. The number of nitrogens with zero attached hydrogens (tertiary/aromatic N) is 3. The van der Waals surface area contributed by atoms with E-state index in [0.717, 1.165) is 30.5 Å². The first-order chi connectivity index (χ1) is 10.0. The second kappa shape index (κ2) is 5.91. The number of nitrogens with one attached hydrogen (secondary N) is 1. The molecule has 4 nitrogen and oxygen atoms in total. The third-order valence-electron chi connectivity index (χ3n) is 4.78. The molecule has 1 aromatic rings. The van der Waals surface area contributed by atoms with Crippen molar-refractivity contribution in [2.24, 2.45) is 5.92 Å². The number of fused-ring (bicyclic) bond motifs is 1. The van der Waals surface area contributed by atoms with Crippen LogP contribution in [0, 0.1) is 5.92 Å². The molecule has 1 aromatic heterocycles. The Hall–Kier alpha value is -1.16. The summed E-state index contributed by atoms with van der Waals surface area (Å²) in [5.41, 5.74) is 1.15. The van der Waals surface area contributed by atoms with Crippen LogP contribution in [0.4, 0.5) is 5.82 Å². The normalized spacial score (nSPS) is 26.0. The van der Waals surface area contributed by atoms with E-state index in [-0.39, 0.29) is 5.54 Å². The molecule has 1 aliphatic heterocycles. The summed E-state index contributed by atoms with van der Waals surface area (Å²) in [5, 5.41) is 3.49. The van der Waals surface area contributed by atoms with Crippen molar-refractivity contribution in [2.75, 3.05) is 11.4 Å². The van der Waals surface area contributed by atoms with Gasteiger partial charge in [0.1, 0.15) is 5.82 Å². The van der Waals surface area contributed by atoms with Crippen LogP contribution in [0.25, 0.3) is 0 Å². The first-order valence-corrected chi connectivity index (χ1v) is 8.35. The van der Waals surface area contributed by atoms with Crippen molar-refractivity contribution in [1.82, 2.24) is 15.3 Å². The standard InChI is InChI=1S/C17H28N4/c1-17(2,3)19-11-14-10-18-12-16(20-14)21-9-8-13-6-4-5-7-15(13)21/h10,12-13,15,19H,4-9,11H2,1-3H3. The molecule has 0 aromatic carbocycles. The molecule has 1 saturated heterocycles. The maximum Gasteiger partial charge on any atom is 0.147 e. The summed E-state index contributed by atoms with van der Waals surface area (Å²) >= 11 is 0. The highest BCUT2D eigenvalue weighted by Gasteiger charge is 2.36. The average molecular weight is 288 g/mol. The average Bonchev–Trinajstić information content (AvgIpc) is 2.89. The van der Waals surface area contributed by atoms with Gasteiger partial charge in [-0.05, 0) is 46.0 Å². The SMILES string of the molecule is CC(C)(C)NCc1cncc(N2CCC3CCCCC32)n1. The van der Waals surface area contributed by atoms with E-state index in [1.54, 1.807) is 0 Å². The van der Waals surface area contributed by atoms with Gasteiger partial charge in [-0.1, -0.05) is 12.8 Å². The van der Waals surface area contributed by atoms with Crippen molar-refractivity contribution >= 4 is 5.82 Å². The quantitative estimate of drug-likeness (QED) is 0.928. The summed E-state index contributed by atoms with van der Waals surface area (Å²) < 4.78 is 0. The minimum absolute atomic E-state index is 0.111. The minimum atomic E-state index is 0.111. The molecule has 2 fully saturated rings. The summed E-state index contributed by atoms with van der Waals surface area (Å²) in [6.45, 7) is 8.47. The van der Waals surface area contributed by atoms with Gasteiger partial charge in [-0.3, -0.25) is 4.98 Å². The van der Waals surface area contributed by atoms with Crippen molar-refractivity contribution in [2.45, 2.75) is 71.0 Å². The highest BCUT2D eigenvalue weighted by Crippen LogP contribution is 2.37. The fraction of sp³-hybridized carbons (Fsp3) is 0.765. The number of aromatic nitrogens is 2. The van der Waals surface area contributed by atoms with E-state index in [1.807, 2.05) is 12.4 Å². The molecule has 1 aliphatic carbocycles. The van der Waals surface area contributed by atoms with Gasteiger partial charge >= 0.3 is 0 Å². The van der Waals surface area contributed by atoms with Crippen LogP contribution >= 0.6 is 0 Å². The van der Waals surface area contributed by atoms with Gasteiger partial charge in [0, 0.05) is 30.9 Å².